The summed E-state index contributed by atoms with van der Waals surface area (Å²) in [4.78, 5) is 0. The van der Waals surface area contributed by atoms with Crippen LogP contribution in [-0.4, -0.2) is 32.0 Å². The molecule has 1 saturated heterocycles. The number of rotatable bonds is 5. The summed E-state index contributed by atoms with van der Waals surface area (Å²) in [7, 11) is -3.00. The molecular weight excluding hydrogens is 329 g/mol. The molecule has 1 aliphatic heterocycles. The van der Waals surface area contributed by atoms with Gasteiger partial charge in [-0.1, -0.05) is 42.6 Å². The first-order valence-electron chi connectivity index (χ1n) is 7.33. The number of nitrogens with one attached hydrogen (secondary N) is 1. The molecule has 0 aromatic heterocycles. The van der Waals surface area contributed by atoms with Crippen molar-refractivity contribution in [1.29, 1.82) is 0 Å². The van der Waals surface area contributed by atoms with Gasteiger partial charge in [0.25, 0.3) is 0 Å². The smallest absolute Gasteiger partial charge is 0.154 e. The van der Waals surface area contributed by atoms with E-state index in [-0.39, 0.29) is 11.3 Å². The lowest BCUT2D eigenvalue weighted by Crippen LogP contribution is -2.47. The van der Waals surface area contributed by atoms with E-state index in [0.717, 1.165) is 31.4 Å². The van der Waals surface area contributed by atoms with E-state index in [4.69, 9.17) is 23.2 Å². The highest BCUT2D eigenvalue weighted by atomic mass is 35.5. The Bertz CT molecular complexity index is 589. The molecule has 1 aliphatic rings. The first kappa shape index (κ1) is 17.1. The van der Waals surface area contributed by atoms with Gasteiger partial charge in [0.05, 0.1) is 21.0 Å². The van der Waals surface area contributed by atoms with E-state index in [0.29, 0.717) is 22.2 Å². The molecule has 0 amide bonds. The average Bonchev–Trinajstić information content (AvgIpc) is 2.42. The van der Waals surface area contributed by atoms with Gasteiger partial charge < -0.3 is 5.32 Å². The molecule has 0 aliphatic carbocycles. The second-order valence-corrected chi connectivity index (χ2v) is 8.67. The minimum atomic E-state index is -3.00. The predicted molar refractivity (Wildman–Crippen MR) is 89.1 cm³/mol. The number of hydrogen-bond acceptors (Lipinski definition) is 3. The molecule has 0 bridgehead atoms. The third-order valence-corrected chi connectivity index (χ3v) is 7.07. The van der Waals surface area contributed by atoms with Gasteiger partial charge in [-0.2, -0.15) is 0 Å². The largest absolute Gasteiger partial charge is 0.313 e. The van der Waals surface area contributed by atoms with Crippen molar-refractivity contribution in [2.45, 2.75) is 43.9 Å². The molecule has 1 fully saturated rings. The molecule has 2 unspecified atom stereocenters. The lowest BCUT2D eigenvalue weighted by atomic mass is 9.99. The maximum atomic E-state index is 12.3. The number of likely N-dealkylation sites (N-methyl/N-ethyl adjacent to an activating group) is 1. The van der Waals surface area contributed by atoms with Gasteiger partial charge in [0.15, 0.2) is 9.84 Å². The van der Waals surface area contributed by atoms with Crippen molar-refractivity contribution in [3.05, 3.63) is 33.8 Å². The summed E-state index contributed by atoms with van der Waals surface area (Å²) in [5, 5.41) is 4.06. The topological polar surface area (TPSA) is 46.2 Å². The van der Waals surface area contributed by atoms with E-state index >= 15 is 0 Å². The first-order valence-corrected chi connectivity index (χ1v) is 9.80. The monoisotopic (exact) mass is 349 g/mol. The number of halogens is 2. The Hall–Kier alpha value is -0.290. The number of benzene rings is 1. The quantitative estimate of drug-likeness (QED) is 0.884. The van der Waals surface area contributed by atoms with Crippen molar-refractivity contribution in [1.82, 2.24) is 5.32 Å². The lowest BCUT2D eigenvalue weighted by Gasteiger charge is -2.30. The fraction of sp³-hybridized carbons (Fsp3) is 0.600. The van der Waals surface area contributed by atoms with Crippen molar-refractivity contribution in [2.75, 3.05) is 12.3 Å². The van der Waals surface area contributed by atoms with Gasteiger partial charge in [0.1, 0.15) is 0 Å². The highest BCUT2D eigenvalue weighted by Crippen LogP contribution is 2.27. The van der Waals surface area contributed by atoms with Crippen LogP contribution in [0.5, 0.6) is 0 Å². The lowest BCUT2D eigenvalue weighted by molar-refractivity contribution is 0.441. The molecule has 2 rings (SSSR count). The van der Waals surface area contributed by atoms with Crippen LogP contribution in [0.1, 0.15) is 31.7 Å². The van der Waals surface area contributed by atoms with E-state index < -0.39 is 9.84 Å². The van der Waals surface area contributed by atoms with Crippen molar-refractivity contribution in [2.24, 2.45) is 0 Å². The van der Waals surface area contributed by atoms with E-state index in [9.17, 15) is 8.42 Å². The predicted octanol–water partition coefficient (Wildman–Crippen LogP) is 3.48. The van der Waals surface area contributed by atoms with E-state index in [1.165, 1.54) is 0 Å². The highest BCUT2D eigenvalue weighted by molar-refractivity contribution is 7.92. The van der Waals surface area contributed by atoms with Crippen LogP contribution in [0.25, 0.3) is 0 Å². The molecule has 0 radical (unpaired) electrons. The van der Waals surface area contributed by atoms with Crippen LogP contribution in [0, 0.1) is 0 Å². The van der Waals surface area contributed by atoms with Crippen LogP contribution in [0.15, 0.2) is 18.2 Å². The van der Waals surface area contributed by atoms with Crippen molar-refractivity contribution in [3.8, 4) is 0 Å². The van der Waals surface area contributed by atoms with Gasteiger partial charge in [-0.25, -0.2) is 8.42 Å². The summed E-state index contributed by atoms with van der Waals surface area (Å²) in [6.07, 6.45) is 3.15. The second kappa shape index (κ2) is 7.32. The fourth-order valence-corrected chi connectivity index (χ4v) is 5.40. The maximum Gasteiger partial charge on any atom is 0.154 e. The minimum absolute atomic E-state index is 0.0717. The SMILES string of the molecule is CCNC(Cc1ccc(Cl)c(Cl)c1)C1CCCCS1(=O)=O. The van der Waals surface area contributed by atoms with Gasteiger partial charge in [-0.3, -0.25) is 0 Å². The molecule has 1 aromatic carbocycles. The van der Waals surface area contributed by atoms with E-state index in [2.05, 4.69) is 5.32 Å². The molecule has 118 valence electrons. The van der Waals surface area contributed by atoms with E-state index in [1.807, 2.05) is 19.1 Å². The Morgan fingerprint density at radius 2 is 2.05 bits per heavy atom. The molecule has 6 heteroatoms. The summed E-state index contributed by atoms with van der Waals surface area (Å²) in [6, 6.07) is 5.42. The summed E-state index contributed by atoms with van der Waals surface area (Å²) in [5.74, 6) is 0.306. The van der Waals surface area contributed by atoms with E-state index in [1.54, 1.807) is 6.07 Å². The maximum absolute atomic E-state index is 12.3. The second-order valence-electron chi connectivity index (χ2n) is 5.52. The summed E-state index contributed by atoms with van der Waals surface area (Å²) < 4.78 is 24.6. The third-order valence-electron chi connectivity index (χ3n) is 3.98. The zero-order valence-electron chi connectivity index (χ0n) is 12.1. The van der Waals surface area contributed by atoms with Gasteiger partial charge in [-0.05, 0) is 43.5 Å². The normalized spacial score (nSPS) is 22.9. The Balaban J connectivity index is 2.20. The van der Waals surface area contributed by atoms with Crippen LogP contribution in [0.2, 0.25) is 10.0 Å². The van der Waals surface area contributed by atoms with Gasteiger partial charge in [0.2, 0.25) is 0 Å². The molecule has 1 aromatic rings. The zero-order chi connectivity index (χ0) is 15.5. The Morgan fingerprint density at radius 3 is 2.67 bits per heavy atom. The Labute approximate surface area is 136 Å². The minimum Gasteiger partial charge on any atom is -0.313 e. The van der Waals surface area contributed by atoms with Crippen LogP contribution in [-0.2, 0) is 16.3 Å². The molecule has 0 spiro atoms. The number of sulfone groups is 1. The number of hydrogen-bond donors (Lipinski definition) is 1. The third kappa shape index (κ3) is 4.35. The molecular formula is C15H21Cl2NO2S. The summed E-state index contributed by atoms with van der Waals surface area (Å²) >= 11 is 12.0. The highest BCUT2D eigenvalue weighted by Gasteiger charge is 2.35. The van der Waals surface area contributed by atoms with Crippen LogP contribution in [0.4, 0.5) is 0 Å². The Morgan fingerprint density at radius 1 is 1.29 bits per heavy atom. The van der Waals surface area contributed by atoms with Crippen molar-refractivity contribution >= 4 is 33.0 Å². The van der Waals surface area contributed by atoms with Crippen molar-refractivity contribution < 1.29 is 8.42 Å². The first-order chi connectivity index (χ1) is 9.94. The van der Waals surface area contributed by atoms with Gasteiger partial charge >= 0.3 is 0 Å². The molecule has 21 heavy (non-hydrogen) atoms. The van der Waals surface area contributed by atoms with Gasteiger partial charge in [0, 0.05) is 6.04 Å². The molecule has 1 heterocycles. The van der Waals surface area contributed by atoms with Crippen LogP contribution < -0.4 is 5.32 Å². The Kier molecular flexibility index (Phi) is 5.95. The van der Waals surface area contributed by atoms with Crippen molar-refractivity contribution in [3.63, 3.8) is 0 Å². The average molecular weight is 350 g/mol. The molecule has 2 atom stereocenters. The molecule has 0 saturated carbocycles. The molecule has 3 nitrogen and oxygen atoms in total. The van der Waals surface area contributed by atoms with Crippen LogP contribution in [0.3, 0.4) is 0 Å². The summed E-state index contributed by atoms with van der Waals surface area (Å²) in [6.45, 7) is 2.75. The fourth-order valence-electron chi connectivity index (χ4n) is 2.95. The molecule has 1 N–H and O–H groups in total. The van der Waals surface area contributed by atoms with Crippen LogP contribution >= 0.6 is 23.2 Å². The zero-order valence-corrected chi connectivity index (χ0v) is 14.4. The standard InChI is InChI=1S/C15H21Cl2NO2S/c1-2-18-14(15-5-3-4-8-21(15,19)20)10-11-6-7-12(16)13(17)9-11/h6-7,9,14-15,18H,2-5,8,10H2,1H3. The summed E-state index contributed by atoms with van der Waals surface area (Å²) in [5.41, 5.74) is 1.01. The van der Waals surface area contributed by atoms with Gasteiger partial charge in [-0.15, -0.1) is 0 Å².